The molecule has 1 heterocycles. The van der Waals surface area contributed by atoms with Gasteiger partial charge in [0, 0.05) is 18.7 Å². The number of aliphatic carboxylic acids is 2. The Kier molecular flexibility index (Phi) is 9.67. The molecule has 4 unspecified atom stereocenters. The van der Waals surface area contributed by atoms with Gasteiger partial charge in [0.1, 0.15) is 18.1 Å². The lowest BCUT2D eigenvalue weighted by Crippen LogP contribution is -2.57. The summed E-state index contributed by atoms with van der Waals surface area (Å²) >= 11 is 3.99. The van der Waals surface area contributed by atoms with Gasteiger partial charge >= 0.3 is 11.9 Å². The first-order valence-electron chi connectivity index (χ1n) is 10.4. The molecule has 3 amide bonds. The normalized spacial score (nSPS) is 18.1. The van der Waals surface area contributed by atoms with Crippen LogP contribution in [0.1, 0.15) is 24.8 Å². The highest BCUT2D eigenvalue weighted by molar-refractivity contribution is 7.80. The fourth-order valence-electron chi connectivity index (χ4n) is 3.57. The van der Waals surface area contributed by atoms with Crippen LogP contribution in [-0.2, 0) is 30.4 Å². The summed E-state index contributed by atoms with van der Waals surface area (Å²) in [6.07, 6.45) is 0.0787. The first-order chi connectivity index (χ1) is 15.6. The molecule has 2 rings (SSSR count). The number of nitrogens with two attached hydrogens (primary N) is 1. The maximum atomic E-state index is 12.8. The minimum Gasteiger partial charge on any atom is -0.481 e. The van der Waals surface area contributed by atoms with Gasteiger partial charge in [-0.2, -0.15) is 12.6 Å². The van der Waals surface area contributed by atoms with Crippen LogP contribution in [0.25, 0.3) is 0 Å². The summed E-state index contributed by atoms with van der Waals surface area (Å²) in [7, 11) is 0. The maximum Gasteiger partial charge on any atom is 0.326 e. The number of likely N-dealkylation sites (tertiary alicyclic amines) is 1. The summed E-state index contributed by atoms with van der Waals surface area (Å²) < 4.78 is 0. The number of nitrogens with zero attached hydrogens (tertiary/aromatic N) is 1. The minimum atomic E-state index is -1.52. The van der Waals surface area contributed by atoms with Gasteiger partial charge in [-0.05, 0) is 18.4 Å². The number of carbonyl (C=O) groups excluding carboxylic acids is 3. The monoisotopic (exact) mass is 480 g/mol. The van der Waals surface area contributed by atoms with Crippen molar-refractivity contribution in [3.8, 4) is 0 Å². The second-order valence-electron chi connectivity index (χ2n) is 7.73. The van der Waals surface area contributed by atoms with Crippen molar-refractivity contribution in [2.45, 2.75) is 49.9 Å². The molecule has 0 radical (unpaired) electrons. The molecular weight excluding hydrogens is 452 g/mol. The lowest BCUT2D eigenvalue weighted by molar-refractivity contribution is -0.144. The Labute approximate surface area is 196 Å². The highest BCUT2D eigenvalue weighted by Crippen LogP contribution is 2.19. The minimum absolute atomic E-state index is 0.0256. The average molecular weight is 481 g/mol. The third-order valence-electron chi connectivity index (χ3n) is 5.26. The average Bonchev–Trinajstić information content (AvgIpc) is 3.27. The van der Waals surface area contributed by atoms with Gasteiger partial charge in [-0.1, -0.05) is 30.3 Å². The maximum absolute atomic E-state index is 12.8. The highest BCUT2D eigenvalue weighted by Gasteiger charge is 2.38. The van der Waals surface area contributed by atoms with E-state index >= 15 is 0 Å². The third kappa shape index (κ3) is 7.46. The van der Waals surface area contributed by atoms with Crippen molar-refractivity contribution in [1.29, 1.82) is 0 Å². The molecule has 0 saturated carbocycles. The molecule has 11 nitrogen and oxygen atoms in total. The topological polar surface area (TPSA) is 179 Å². The van der Waals surface area contributed by atoms with Crippen molar-refractivity contribution in [2.75, 3.05) is 12.3 Å². The number of nitrogens with one attached hydrogen (secondary N) is 2. The van der Waals surface area contributed by atoms with Crippen molar-refractivity contribution < 1.29 is 34.2 Å². The van der Waals surface area contributed by atoms with E-state index < -0.39 is 60.2 Å². The van der Waals surface area contributed by atoms with E-state index in [4.69, 9.17) is 5.73 Å². The number of thiol groups is 1. The molecule has 0 spiro atoms. The Morgan fingerprint density at radius 3 is 2.33 bits per heavy atom. The lowest BCUT2D eigenvalue weighted by Gasteiger charge is -2.28. The highest BCUT2D eigenvalue weighted by atomic mass is 32.1. The van der Waals surface area contributed by atoms with Crippen LogP contribution in [0.5, 0.6) is 0 Å². The molecule has 0 bridgehead atoms. The number of hydrogen-bond acceptors (Lipinski definition) is 7. The van der Waals surface area contributed by atoms with Gasteiger partial charge in [-0.15, -0.1) is 0 Å². The summed E-state index contributed by atoms with van der Waals surface area (Å²) in [5.41, 5.74) is 6.38. The molecule has 1 aliphatic rings. The van der Waals surface area contributed by atoms with Gasteiger partial charge < -0.3 is 31.5 Å². The van der Waals surface area contributed by atoms with E-state index in [9.17, 15) is 34.2 Å². The standard InChI is InChI=1S/C21H28N4O7S/c22-13(11-33)20(30)25-8-4-7-16(25)19(29)23-14(10-17(26)27)18(28)24-15(21(31)32)9-12-5-2-1-3-6-12/h1-3,5-6,13-16,33H,4,7-11,22H2,(H,23,29)(H,24,28)(H,26,27)(H,31,32). The molecule has 1 aliphatic heterocycles. The quantitative estimate of drug-likeness (QED) is 0.218. The predicted octanol–water partition coefficient (Wildman–Crippen LogP) is -0.994. The van der Waals surface area contributed by atoms with E-state index in [1.54, 1.807) is 30.3 Å². The van der Waals surface area contributed by atoms with Gasteiger partial charge in [-0.25, -0.2) is 4.79 Å². The van der Waals surface area contributed by atoms with Gasteiger partial charge in [0.2, 0.25) is 17.7 Å². The Balaban J connectivity index is 2.11. The molecule has 1 saturated heterocycles. The summed E-state index contributed by atoms with van der Waals surface area (Å²) in [5.74, 6) is -4.69. The number of hydrogen-bond donors (Lipinski definition) is 6. The SMILES string of the molecule is NC(CS)C(=O)N1CCCC1C(=O)NC(CC(=O)O)C(=O)NC(Cc1ccccc1)C(=O)O. The van der Waals surface area contributed by atoms with Crippen LogP contribution >= 0.6 is 12.6 Å². The summed E-state index contributed by atoms with van der Waals surface area (Å²) in [6.45, 7) is 0.298. The Morgan fingerprint density at radius 2 is 1.76 bits per heavy atom. The van der Waals surface area contributed by atoms with Crippen LogP contribution in [0.4, 0.5) is 0 Å². The molecule has 0 aliphatic carbocycles. The molecule has 4 atom stereocenters. The molecular formula is C21H28N4O7S. The number of carboxylic acids is 2. The number of benzene rings is 1. The number of carbonyl (C=O) groups is 5. The van der Waals surface area contributed by atoms with Crippen molar-refractivity contribution in [1.82, 2.24) is 15.5 Å². The largest absolute Gasteiger partial charge is 0.481 e. The molecule has 1 fully saturated rings. The summed E-state index contributed by atoms with van der Waals surface area (Å²) in [4.78, 5) is 62.2. The van der Waals surface area contributed by atoms with Gasteiger partial charge in [0.25, 0.3) is 0 Å². The lowest BCUT2D eigenvalue weighted by atomic mass is 10.0. The third-order valence-corrected chi connectivity index (χ3v) is 5.65. The molecule has 12 heteroatoms. The molecule has 180 valence electrons. The van der Waals surface area contributed by atoms with E-state index in [1.165, 1.54) is 4.90 Å². The van der Waals surface area contributed by atoms with E-state index in [1.807, 2.05) is 0 Å². The van der Waals surface area contributed by atoms with Crippen LogP contribution in [0.15, 0.2) is 30.3 Å². The number of carboxylic acid groups (broad SMARTS) is 2. The van der Waals surface area contributed by atoms with Crippen LogP contribution < -0.4 is 16.4 Å². The van der Waals surface area contributed by atoms with Gasteiger partial charge in [-0.3, -0.25) is 19.2 Å². The van der Waals surface area contributed by atoms with E-state index in [2.05, 4.69) is 23.3 Å². The molecule has 6 N–H and O–H groups in total. The molecule has 33 heavy (non-hydrogen) atoms. The van der Waals surface area contributed by atoms with Crippen LogP contribution in [-0.4, -0.2) is 81.2 Å². The Morgan fingerprint density at radius 1 is 1.09 bits per heavy atom. The molecule has 1 aromatic rings. The van der Waals surface area contributed by atoms with E-state index in [-0.39, 0.29) is 12.2 Å². The number of rotatable bonds is 11. The summed E-state index contributed by atoms with van der Waals surface area (Å²) in [5, 5.41) is 23.4. The fourth-order valence-corrected chi connectivity index (χ4v) is 3.72. The first kappa shape index (κ1) is 26.1. The zero-order valence-corrected chi connectivity index (χ0v) is 18.7. The molecule has 0 aromatic heterocycles. The van der Waals surface area contributed by atoms with Crippen LogP contribution in [0.2, 0.25) is 0 Å². The van der Waals surface area contributed by atoms with E-state index in [0.29, 0.717) is 24.9 Å². The van der Waals surface area contributed by atoms with Crippen LogP contribution in [0, 0.1) is 0 Å². The fraction of sp³-hybridized carbons (Fsp3) is 0.476. The summed E-state index contributed by atoms with van der Waals surface area (Å²) in [6, 6.07) is 3.93. The molecule has 1 aromatic carbocycles. The smallest absolute Gasteiger partial charge is 0.326 e. The van der Waals surface area contributed by atoms with E-state index in [0.717, 1.165) is 0 Å². The van der Waals surface area contributed by atoms with Crippen molar-refractivity contribution >= 4 is 42.3 Å². The number of amides is 3. The first-order valence-corrected chi connectivity index (χ1v) is 11.0. The van der Waals surface area contributed by atoms with Crippen LogP contribution in [0.3, 0.4) is 0 Å². The Bertz CT molecular complexity index is 883. The van der Waals surface area contributed by atoms with Gasteiger partial charge in [0.05, 0.1) is 12.5 Å². The Hall–Kier alpha value is -3.12. The second-order valence-corrected chi connectivity index (χ2v) is 8.09. The van der Waals surface area contributed by atoms with Crippen molar-refractivity contribution in [2.24, 2.45) is 5.73 Å². The second kappa shape index (κ2) is 12.2. The zero-order valence-electron chi connectivity index (χ0n) is 17.8. The predicted molar refractivity (Wildman–Crippen MR) is 120 cm³/mol. The van der Waals surface area contributed by atoms with Crippen molar-refractivity contribution in [3.05, 3.63) is 35.9 Å². The van der Waals surface area contributed by atoms with Crippen molar-refractivity contribution in [3.63, 3.8) is 0 Å². The zero-order chi connectivity index (χ0) is 24.5. The van der Waals surface area contributed by atoms with Gasteiger partial charge in [0.15, 0.2) is 0 Å².